The first-order valence-electron chi connectivity index (χ1n) is 7.44. The number of thiophene rings is 1. The molecular formula is C16H9N3O6S. The number of nitro benzene ring substituents is 1. The maximum atomic E-state index is 12.8. The van der Waals surface area contributed by atoms with Crippen molar-refractivity contribution in [1.82, 2.24) is 0 Å². The molecule has 1 aromatic heterocycles. The van der Waals surface area contributed by atoms with Crippen LogP contribution >= 0.6 is 11.3 Å². The highest BCUT2D eigenvalue weighted by atomic mass is 32.1. The number of ketones is 1. The van der Waals surface area contributed by atoms with E-state index >= 15 is 0 Å². The van der Waals surface area contributed by atoms with Gasteiger partial charge in [0.15, 0.2) is 0 Å². The van der Waals surface area contributed by atoms with Gasteiger partial charge in [0.05, 0.1) is 9.80 Å². The second-order valence-electron chi connectivity index (χ2n) is 5.54. The molecule has 3 heterocycles. The summed E-state index contributed by atoms with van der Waals surface area (Å²) >= 11 is 1.17. The van der Waals surface area contributed by atoms with Gasteiger partial charge in [-0.15, -0.1) is 11.3 Å². The SMILES string of the molecule is O=C(C1=NO[C@@H]2C(=O)N(c3ccccc3[N+](=O)[O-])C(=O)[C@H]12)c1cccs1. The number of para-hydroxylation sites is 2. The Labute approximate surface area is 149 Å². The van der Waals surface area contributed by atoms with Gasteiger partial charge in [0.25, 0.3) is 11.6 Å². The molecule has 0 bridgehead atoms. The topological polar surface area (TPSA) is 119 Å². The fourth-order valence-electron chi connectivity index (χ4n) is 2.95. The van der Waals surface area contributed by atoms with E-state index < -0.39 is 40.2 Å². The van der Waals surface area contributed by atoms with Crippen LogP contribution < -0.4 is 4.90 Å². The van der Waals surface area contributed by atoms with E-state index in [0.717, 1.165) is 0 Å². The predicted octanol–water partition coefficient (Wildman–Crippen LogP) is 1.78. The standard InChI is InChI=1S/C16H9N3O6S/c20-13(10-6-3-7-26-10)12-11-14(25-17-12)16(22)18(15(11)21)8-4-1-2-5-9(8)19(23)24/h1-7,11,14H/t11-,14+/m1/s1. The third kappa shape index (κ3) is 2.23. The van der Waals surface area contributed by atoms with E-state index in [1.54, 1.807) is 17.5 Å². The second-order valence-corrected chi connectivity index (χ2v) is 6.49. The van der Waals surface area contributed by atoms with E-state index in [4.69, 9.17) is 4.84 Å². The minimum Gasteiger partial charge on any atom is -0.381 e. The van der Waals surface area contributed by atoms with Gasteiger partial charge in [-0.3, -0.25) is 24.5 Å². The predicted molar refractivity (Wildman–Crippen MR) is 90.0 cm³/mol. The Morgan fingerprint density at radius 2 is 1.96 bits per heavy atom. The number of oxime groups is 1. The van der Waals surface area contributed by atoms with Crippen LogP contribution in [-0.4, -0.2) is 34.3 Å². The molecule has 2 aliphatic rings. The number of anilines is 1. The Hall–Kier alpha value is -3.40. The number of carbonyl (C=O) groups excluding carboxylic acids is 3. The van der Waals surface area contributed by atoms with Crippen molar-refractivity contribution in [2.75, 3.05) is 4.90 Å². The number of nitrogens with zero attached hydrogens (tertiary/aromatic N) is 3. The summed E-state index contributed by atoms with van der Waals surface area (Å²) in [5.74, 6) is -3.27. The fraction of sp³-hybridized carbons (Fsp3) is 0.125. The number of benzene rings is 1. The summed E-state index contributed by atoms with van der Waals surface area (Å²) in [4.78, 5) is 54.6. The smallest absolute Gasteiger partial charge is 0.293 e. The van der Waals surface area contributed by atoms with Crippen LogP contribution in [0.4, 0.5) is 11.4 Å². The average Bonchev–Trinajstić information content (AvgIpc) is 3.34. The summed E-state index contributed by atoms with van der Waals surface area (Å²) < 4.78 is 0. The van der Waals surface area contributed by atoms with Crippen LogP contribution in [0.1, 0.15) is 9.67 Å². The quantitative estimate of drug-likeness (QED) is 0.350. The highest BCUT2D eigenvalue weighted by Crippen LogP contribution is 2.38. The average molecular weight is 371 g/mol. The first-order valence-corrected chi connectivity index (χ1v) is 8.32. The van der Waals surface area contributed by atoms with Crippen molar-refractivity contribution in [1.29, 1.82) is 0 Å². The van der Waals surface area contributed by atoms with E-state index in [2.05, 4.69) is 5.16 Å². The van der Waals surface area contributed by atoms with Crippen LogP contribution in [0.25, 0.3) is 0 Å². The third-order valence-electron chi connectivity index (χ3n) is 4.11. The summed E-state index contributed by atoms with van der Waals surface area (Å²) in [7, 11) is 0. The van der Waals surface area contributed by atoms with Crippen LogP contribution in [0.5, 0.6) is 0 Å². The van der Waals surface area contributed by atoms with Crippen molar-refractivity contribution in [3.05, 3.63) is 56.8 Å². The molecule has 0 N–H and O–H groups in total. The second kappa shape index (κ2) is 5.85. The lowest BCUT2D eigenvalue weighted by molar-refractivity contribution is -0.384. The molecule has 2 atom stereocenters. The van der Waals surface area contributed by atoms with Gasteiger partial charge < -0.3 is 4.84 Å². The molecule has 0 unspecified atom stereocenters. The number of amides is 2. The summed E-state index contributed by atoms with van der Waals surface area (Å²) in [5, 5.41) is 16.5. The highest BCUT2D eigenvalue weighted by molar-refractivity contribution is 7.13. The number of imide groups is 1. The van der Waals surface area contributed by atoms with Gasteiger partial charge in [-0.05, 0) is 17.5 Å². The summed E-state index contributed by atoms with van der Waals surface area (Å²) in [6.45, 7) is 0. The number of rotatable bonds is 4. The van der Waals surface area contributed by atoms with E-state index in [1.165, 1.54) is 35.6 Å². The molecule has 0 spiro atoms. The number of fused-ring (bicyclic) bond motifs is 1. The molecule has 2 amide bonds. The molecule has 9 nitrogen and oxygen atoms in total. The fourth-order valence-corrected chi connectivity index (χ4v) is 3.62. The Morgan fingerprint density at radius 3 is 2.65 bits per heavy atom. The molecule has 4 rings (SSSR count). The molecule has 26 heavy (non-hydrogen) atoms. The number of nitro groups is 1. The summed E-state index contributed by atoms with van der Waals surface area (Å²) in [5.41, 5.74) is -0.720. The van der Waals surface area contributed by atoms with E-state index in [1.807, 2.05) is 0 Å². The largest absolute Gasteiger partial charge is 0.381 e. The minimum absolute atomic E-state index is 0.159. The number of hydrogen-bond acceptors (Lipinski definition) is 8. The van der Waals surface area contributed by atoms with Crippen molar-refractivity contribution in [3.8, 4) is 0 Å². The summed E-state index contributed by atoms with van der Waals surface area (Å²) in [6, 6.07) is 8.64. The van der Waals surface area contributed by atoms with Crippen molar-refractivity contribution in [2.24, 2.45) is 11.1 Å². The maximum Gasteiger partial charge on any atom is 0.293 e. The van der Waals surface area contributed by atoms with Crippen LogP contribution in [0.2, 0.25) is 0 Å². The molecule has 1 aromatic carbocycles. The van der Waals surface area contributed by atoms with E-state index in [9.17, 15) is 24.5 Å². The van der Waals surface area contributed by atoms with Gasteiger partial charge in [-0.1, -0.05) is 23.4 Å². The first-order chi connectivity index (χ1) is 12.5. The number of carbonyl (C=O) groups is 3. The maximum absolute atomic E-state index is 12.8. The number of Topliss-reactive ketones (excluding diaryl/α,β-unsaturated/α-hetero) is 1. The molecule has 1 saturated heterocycles. The van der Waals surface area contributed by atoms with Gasteiger partial charge in [0, 0.05) is 6.07 Å². The molecule has 2 aromatic rings. The Balaban J connectivity index is 1.72. The van der Waals surface area contributed by atoms with Gasteiger partial charge in [0.1, 0.15) is 17.3 Å². The minimum atomic E-state index is -1.29. The lowest BCUT2D eigenvalue weighted by Gasteiger charge is -2.15. The van der Waals surface area contributed by atoms with Gasteiger partial charge in [-0.25, -0.2) is 4.90 Å². The zero-order chi connectivity index (χ0) is 18.4. The van der Waals surface area contributed by atoms with Crippen molar-refractivity contribution >= 4 is 46.0 Å². The van der Waals surface area contributed by atoms with Crippen molar-refractivity contribution in [3.63, 3.8) is 0 Å². The molecule has 10 heteroatoms. The molecule has 0 aliphatic carbocycles. The van der Waals surface area contributed by atoms with Crippen LogP contribution in [0, 0.1) is 16.0 Å². The van der Waals surface area contributed by atoms with Crippen LogP contribution in [0.15, 0.2) is 46.9 Å². The monoisotopic (exact) mass is 371 g/mol. The Morgan fingerprint density at radius 1 is 1.19 bits per heavy atom. The van der Waals surface area contributed by atoms with E-state index in [0.29, 0.717) is 9.78 Å². The molecule has 0 radical (unpaired) electrons. The molecule has 130 valence electrons. The lowest BCUT2D eigenvalue weighted by atomic mass is 9.96. The van der Waals surface area contributed by atoms with Crippen LogP contribution in [0.3, 0.4) is 0 Å². The normalized spacial score (nSPS) is 21.4. The summed E-state index contributed by atoms with van der Waals surface area (Å²) in [6.07, 6.45) is -1.29. The van der Waals surface area contributed by atoms with E-state index in [-0.39, 0.29) is 11.4 Å². The highest BCUT2D eigenvalue weighted by Gasteiger charge is 2.58. The van der Waals surface area contributed by atoms with Crippen LogP contribution in [-0.2, 0) is 14.4 Å². The molecular weight excluding hydrogens is 362 g/mol. The zero-order valence-corrected chi connectivity index (χ0v) is 13.7. The van der Waals surface area contributed by atoms with Gasteiger partial charge >= 0.3 is 0 Å². The Kier molecular flexibility index (Phi) is 3.62. The zero-order valence-electron chi connectivity index (χ0n) is 12.9. The number of hydrogen-bond donors (Lipinski definition) is 0. The van der Waals surface area contributed by atoms with Crippen molar-refractivity contribution < 1.29 is 24.1 Å². The molecule has 1 fully saturated rings. The van der Waals surface area contributed by atoms with Crippen molar-refractivity contribution in [2.45, 2.75) is 6.10 Å². The molecule has 2 aliphatic heterocycles. The third-order valence-corrected chi connectivity index (χ3v) is 4.98. The Bertz CT molecular complexity index is 984. The van der Waals surface area contributed by atoms with Gasteiger partial charge in [-0.2, -0.15) is 0 Å². The first kappa shape index (κ1) is 16.1. The lowest BCUT2D eigenvalue weighted by Crippen LogP contribution is -2.34. The van der Waals surface area contributed by atoms with Gasteiger partial charge in [0.2, 0.25) is 17.8 Å². The molecule has 0 saturated carbocycles.